The minimum absolute atomic E-state index is 0.334. The van der Waals surface area contributed by atoms with Gasteiger partial charge in [0.05, 0.1) is 28.9 Å². The number of carbonyl (C=O) groups excluding carboxylic acids is 2. The molecule has 0 atom stereocenters. The highest BCUT2D eigenvalue weighted by molar-refractivity contribution is 6.34. The van der Waals surface area contributed by atoms with Crippen molar-refractivity contribution in [1.29, 1.82) is 0 Å². The molecular formula is C21H17ClN2O3. The third-order valence-electron chi connectivity index (χ3n) is 3.87. The zero-order valence-corrected chi connectivity index (χ0v) is 15.3. The number of halogens is 1. The third kappa shape index (κ3) is 4.46. The molecule has 0 aliphatic carbocycles. The van der Waals surface area contributed by atoms with E-state index >= 15 is 0 Å². The van der Waals surface area contributed by atoms with Gasteiger partial charge in [-0.25, -0.2) is 0 Å². The molecule has 0 fully saturated rings. The molecule has 3 rings (SSSR count). The van der Waals surface area contributed by atoms with Crippen molar-refractivity contribution in [3.63, 3.8) is 0 Å². The summed E-state index contributed by atoms with van der Waals surface area (Å²) in [7, 11) is 1.56. The van der Waals surface area contributed by atoms with Gasteiger partial charge in [-0.05, 0) is 36.4 Å². The lowest BCUT2D eigenvalue weighted by atomic mass is 10.1. The molecular weight excluding hydrogens is 364 g/mol. The number of benzene rings is 3. The van der Waals surface area contributed by atoms with Crippen LogP contribution in [-0.2, 0) is 0 Å². The molecule has 0 aliphatic heterocycles. The zero-order valence-electron chi connectivity index (χ0n) is 14.5. The first-order chi connectivity index (χ1) is 13.1. The third-order valence-corrected chi connectivity index (χ3v) is 4.20. The normalized spacial score (nSPS) is 10.1. The van der Waals surface area contributed by atoms with Crippen LogP contribution in [0.25, 0.3) is 0 Å². The lowest BCUT2D eigenvalue weighted by molar-refractivity contribution is 0.102. The van der Waals surface area contributed by atoms with E-state index in [0.29, 0.717) is 33.3 Å². The van der Waals surface area contributed by atoms with Gasteiger partial charge in [0.2, 0.25) is 0 Å². The number of amides is 2. The summed E-state index contributed by atoms with van der Waals surface area (Å²) in [4.78, 5) is 25.2. The van der Waals surface area contributed by atoms with E-state index in [1.54, 1.807) is 79.9 Å². The Labute approximate surface area is 161 Å². The molecule has 6 heteroatoms. The maximum absolute atomic E-state index is 12.7. The molecule has 136 valence electrons. The summed E-state index contributed by atoms with van der Waals surface area (Å²) in [6, 6.07) is 20.5. The number of para-hydroxylation sites is 1. The lowest BCUT2D eigenvalue weighted by Crippen LogP contribution is -2.18. The zero-order chi connectivity index (χ0) is 19.2. The molecule has 0 aliphatic rings. The number of carbonyl (C=O) groups is 2. The van der Waals surface area contributed by atoms with Gasteiger partial charge >= 0.3 is 0 Å². The smallest absolute Gasteiger partial charge is 0.257 e. The topological polar surface area (TPSA) is 67.4 Å². The van der Waals surface area contributed by atoms with Gasteiger partial charge in [0.15, 0.2) is 0 Å². The molecule has 27 heavy (non-hydrogen) atoms. The van der Waals surface area contributed by atoms with Crippen LogP contribution >= 0.6 is 11.6 Å². The van der Waals surface area contributed by atoms with Crippen LogP contribution in [-0.4, -0.2) is 18.9 Å². The Balaban J connectivity index is 1.82. The number of anilines is 2. The average molecular weight is 381 g/mol. The maximum Gasteiger partial charge on any atom is 0.257 e. The highest BCUT2D eigenvalue weighted by Gasteiger charge is 2.16. The fraction of sp³-hybridized carbons (Fsp3) is 0.0476. The van der Waals surface area contributed by atoms with Crippen LogP contribution in [0.15, 0.2) is 72.8 Å². The van der Waals surface area contributed by atoms with Crippen molar-refractivity contribution in [2.45, 2.75) is 0 Å². The number of hydrogen-bond donors (Lipinski definition) is 2. The lowest BCUT2D eigenvalue weighted by Gasteiger charge is -2.12. The van der Waals surface area contributed by atoms with Crippen LogP contribution in [0.1, 0.15) is 20.7 Å². The molecule has 3 aromatic carbocycles. The SMILES string of the molecule is COc1cccc(NC(=O)c2ccccc2NC(=O)c2ccccc2Cl)c1. The van der Waals surface area contributed by atoms with Gasteiger partial charge in [-0.15, -0.1) is 0 Å². The first-order valence-corrected chi connectivity index (χ1v) is 8.56. The van der Waals surface area contributed by atoms with Crippen LogP contribution in [0.4, 0.5) is 11.4 Å². The minimum atomic E-state index is -0.387. The predicted octanol–water partition coefficient (Wildman–Crippen LogP) is 4.85. The Kier molecular flexibility index (Phi) is 5.74. The summed E-state index contributed by atoms with van der Waals surface area (Å²) in [6.07, 6.45) is 0. The van der Waals surface area contributed by atoms with Crippen molar-refractivity contribution in [1.82, 2.24) is 0 Å². The molecule has 0 saturated heterocycles. The molecule has 5 nitrogen and oxygen atoms in total. The first-order valence-electron chi connectivity index (χ1n) is 8.19. The van der Waals surface area contributed by atoms with Crippen molar-refractivity contribution >= 4 is 34.8 Å². The van der Waals surface area contributed by atoms with Gasteiger partial charge in [-0.1, -0.05) is 41.9 Å². The number of hydrogen-bond acceptors (Lipinski definition) is 3. The fourth-order valence-electron chi connectivity index (χ4n) is 2.52. The molecule has 0 spiro atoms. The highest BCUT2D eigenvalue weighted by atomic mass is 35.5. The molecule has 0 heterocycles. The van der Waals surface area contributed by atoms with E-state index in [1.807, 2.05) is 0 Å². The Hall–Kier alpha value is -3.31. The van der Waals surface area contributed by atoms with Crippen LogP contribution in [0.5, 0.6) is 5.75 Å². The van der Waals surface area contributed by atoms with Crippen molar-refractivity contribution in [2.24, 2.45) is 0 Å². The van der Waals surface area contributed by atoms with Crippen LogP contribution in [0.2, 0.25) is 5.02 Å². The summed E-state index contributed by atoms with van der Waals surface area (Å²) in [5.41, 5.74) is 1.65. The first kappa shape index (κ1) is 18.5. The van der Waals surface area contributed by atoms with Crippen molar-refractivity contribution in [3.05, 3.63) is 88.9 Å². The molecule has 0 radical (unpaired) electrons. The summed E-state index contributed by atoms with van der Waals surface area (Å²) in [5, 5.41) is 5.89. The van der Waals surface area contributed by atoms with Gasteiger partial charge in [0.1, 0.15) is 5.75 Å². The molecule has 0 aromatic heterocycles. The largest absolute Gasteiger partial charge is 0.497 e. The van der Waals surface area contributed by atoms with E-state index in [4.69, 9.17) is 16.3 Å². The van der Waals surface area contributed by atoms with Crippen molar-refractivity contribution in [3.8, 4) is 5.75 Å². The second-order valence-corrected chi connectivity index (χ2v) is 6.07. The van der Waals surface area contributed by atoms with Gasteiger partial charge < -0.3 is 15.4 Å². The fourth-order valence-corrected chi connectivity index (χ4v) is 2.75. The summed E-state index contributed by atoms with van der Waals surface area (Å²) in [5.74, 6) is -0.103. The summed E-state index contributed by atoms with van der Waals surface area (Å²) < 4.78 is 5.16. The standard InChI is InChI=1S/C21H17ClN2O3/c1-27-15-8-6-7-14(13-15)23-21(26)17-10-3-5-12-19(17)24-20(25)16-9-2-4-11-18(16)22/h2-13H,1H3,(H,23,26)(H,24,25). The Morgan fingerprint density at radius 2 is 1.48 bits per heavy atom. The van der Waals surface area contributed by atoms with Gasteiger partial charge in [0, 0.05) is 11.8 Å². The molecule has 2 amide bonds. The van der Waals surface area contributed by atoms with E-state index in [9.17, 15) is 9.59 Å². The van der Waals surface area contributed by atoms with Crippen LogP contribution < -0.4 is 15.4 Å². The molecule has 3 aromatic rings. The van der Waals surface area contributed by atoms with Crippen molar-refractivity contribution < 1.29 is 14.3 Å². The highest BCUT2D eigenvalue weighted by Crippen LogP contribution is 2.22. The van der Waals surface area contributed by atoms with E-state index in [-0.39, 0.29) is 11.8 Å². The van der Waals surface area contributed by atoms with Gasteiger partial charge in [-0.2, -0.15) is 0 Å². The average Bonchev–Trinajstić information content (AvgIpc) is 2.68. The molecule has 2 N–H and O–H groups in total. The number of rotatable bonds is 5. The van der Waals surface area contributed by atoms with Gasteiger partial charge in [-0.3, -0.25) is 9.59 Å². The Morgan fingerprint density at radius 3 is 2.22 bits per heavy atom. The summed E-state index contributed by atoms with van der Waals surface area (Å²) in [6.45, 7) is 0. The van der Waals surface area contributed by atoms with Gasteiger partial charge in [0.25, 0.3) is 11.8 Å². The monoisotopic (exact) mass is 380 g/mol. The minimum Gasteiger partial charge on any atom is -0.497 e. The Bertz CT molecular complexity index is 988. The van der Waals surface area contributed by atoms with Crippen LogP contribution in [0.3, 0.4) is 0 Å². The molecule has 0 bridgehead atoms. The second kappa shape index (κ2) is 8.38. The van der Waals surface area contributed by atoms with E-state index in [0.717, 1.165) is 0 Å². The summed E-state index contributed by atoms with van der Waals surface area (Å²) >= 11 is 6.07. The molecule has 0 unspecified atom stereocenters. The Morgan fingerprint density at radius 1 is 0.815 bits per heavy atom. The van der Waals surface area contributed by atoms with E-state index < -0.39 is 0 Å². The number of ether oxygens (including phenoxy) is 1. The number of nitrogens with one attached hydrogen (secondary N) is 2. The van der Waals surface area contributed by atoms with E-state index in [2.05, 4.69) is 10.6 Å². The quantitative estimate of drug-likeness (QED) is 0.664. The predicted molar refractivity (Wildman–Crippen MR) is 107 cm³/mol. The number of methoxy groups -OCH3 is 1. The molecule has 0 saturated carbocycles. The van der Waals surface area contributed by atoms with Crippen molar-refractivity contribution in [2.75, 3.05) is 17.7 Å². The maximum atomic E-state index is 12.7. The van der Waals surface area contributed by atoms with Crippen LogP contribution in [0, 0.1) is 0 Å². The second-order valence-electron chi connectivity index (χ2n) is 5.67. The van der Waals surface area contributed by atoms with E-state index in [1.165, 1.54) is 0 Å².